The molecule has 1 aliphatic heterocycles. The lowest BCUT2D eigenvalue weighted by Gasteiger charge is -2.22. The van der Waals surface area contributed by atoms with Crippen LogP contribution >= 0.6 is 11.6 Å². The molecule has 3 N–H and O–H groups in total. The first-order valence-electron chi connectivity index (χ1n) is 9.01. The van der Waals surface area contributed by atoms with Crippen molar-refractivity contribution in [3.63, 3.8) is 0 Å². The van der Waals surface area contributed by atoms with Gasteiger partial charge in [0.05, 0.1) is 27.3 Å². The van der Waals surface area contributed by atoms with Crippen molar-refractivity contribution in [2.24, 2.45) is 5.92 Å². The van der Waals surface area contributed by atoms with E-state index >= 15 is 0 Å². The highest BCUT2D eigenvalue weighted by Crippen LogP contribution is 2.29. The van der Waals surface area contributed by atoms with Gasteiger partial charge in [-0.15, -0.1) is 0 Å². The second-order valence-corrected chi connectivity index (χ2v) is 10.3. The summed E-state index contributed by atoms with van der Waals surface area (Å²) in [7, 11) is -5.91. The van der Waals surface area contributed by atoms with E-state index in [2.05, 4.69) is 15.4 Å². The summed E-state index contributed by atoms with van der Waals surface area (Å²) in [5.41, 5.74) is 0.412. The van der Waals surface area contributed by atoms with E-state index in [1.807, 2.05) is 0 Å². The Morgan fingerprint density at radius 1 is 1.16 bits per heavy atom. The molecule has 0 aliphatic carbocycles. The van der Waals surface area contributed by atoms with E-state index in [-0.39, 0.29) is 33.0 Å². The van der Waals surface area contributed by atoms with Gasteiger partial charge in [0.2, 0.25) is 11.0 Å². The number of para-hydroxylation sites is 1. The molecular weight excluding hydrogens is 466 g/mol. The molecule has 0 saturated carbocycles. The van der Waals surface area contributed by atoms with E-state index in [9.17, 15) is 22.2 Å². The Morgan fingerprint density at radius 2 is 1.94 bits per heavy atom. The molecule has 12 heteroatoms. The summed E-state index contributed by atoms with van der Waals surface area (Å²) in [4.78, 5) is 23.3. The summed E-state index contributed by atoms with van der Waals surface area (Å²) in [6.07, 6.45) is 0. The molecule has 2 atom stereocenters. The average molecular weight is 482 g/mol. The number of hydrogen-bond acceptors (Lipinski definition) is 6. The number of furan rings is 1. The SMILES string of the molecule is O=C1NCC(CS(=O)c2ccc(Cl)cc2NS(=O)(=O)c2cc3ccccc3o2)C(=O)N1. The highest BCUT2D eigenvalue weighted by Gasteiger charge is 2.29. The molecule has 1 aromatic heterocycles. The molecule has 0 radical (unpaired) electrons. The monoisotopic (exact) mass is 481 g/mol. The average Bonchev–Trinajstić information content (AvgIpc) is 3.15. The smallest absolute Gasteiger partial charge is 0.321 e. The van der Waals surface area contributed by atoms with Crippen molar-refractivity contribution in [3.05, 3.63) is 53.6 Å². The fourth-order valence-electron chi connectivity index (χ4n) is 3.04. The number of imide groups is 1. The molecule has 162 valence electrons. The number of fused-ring (bicyclic) bond motifs is 1. The number of benzene rings is 2. The number of carbonyl (C=O) groups is 2. The Morgan fingerprint density at radius 3 is 2.68 bits per heavy atom. The van der Waals surface area contributed by atoms with Gasteiger partial charge in [-0.1, -0.05) is 29.8 Å². The second-order valence-electron chi connectivity index (χ2n) is 6.76. The Kier molecular flexibility index (Phi) is 5.73. The van der Waals surface area contributed by atoms with Gasteiger partial charge in [-0.25, -0.2) is 4.79 Å². The van der Waals surface area contributed by atoms with Gasteiger partial charge in [-0.05, 0) is 24.3 Å². The van der Waals surface area contributed by atoms with Gasteiger partial charge >= 0.3 is 6.03 Å². The number of halogens is 1. The van der Waals surface area contributed by atoms with Crippen molar-refractivity contribution in [2.75, 3.05) is 17.0 Å². The molecule has 0 spiro atoms. The third-order valence-corrected chi connectivity index (χ3v) is 7.57. The fourth-order valence-corrected chi connectivity index (χ4v) is 5.71. The zero-order valence-corrected chi connectivity index (χ0v) is 18.1. The van der Waals surface area contributed by atoms with Crippen LogP contribution in [0.3, 0.4) is 0 Å². The van der Waals surface area contributed by atoms with Crippen molar-refractivity contribution in [2.45, 2.75) is 9.99 Å². The summed E-state index contributed by atoms with van der Waals surface area (Å²) in [6, 6.07) is 11.8. The summed E-state index contributed by atoms with van der Waals surface area (Å²) in [5.74, 6) is -1.39. The molecule has 4 rings (SSSR count). The maximum atomic E-state index is 13.0. The summed E-state index contributed by atoms with van der Waals surface area (Å²) >= 11 is 6.02. The van der Waals surface area contributed by atoms with Gasteiger partial charge in [0.15, 0.2) is 0 Å². The lowest BCUT2D eigenvalue weighted by atomic mass is 10.1. The van der Waals surface area contributed by atoms with Crippen LogP contribution in [0.15, 0.2) is 62.9 Å². The first-order chi connectivity index (χ1) is 14.7. The third kappa shape index (κ3) is 4.58. The fraction of sp³-hybridized carbons (Fsp3) is 0.158. The number of carbonyl (C=O) groups excluding carboxylic acids is 2. The molecule has 31 heavy (non-hydrogen) atoms. The van der Waals surface area contributed by atoms with Gasteiger partial charge in [-0.2, -0.15) is 8.42 Å². The quantitative estimate of drug-likeness (QED) is 0.495. The topological polar surface area (TPSA) is 135 Å². The zero-order valence-electron chi connectivity index (χ0n) is 15.8. The first kappa shape index (κ1) is 21.3. The van der Waals surface area contributed by atoms with Crippen LogP contribution in [0.2, 0.25) is 5.02 Å². The summed E-state index contributed by atoms with van der Waals surface area (Å²) in [5, 5.41) is 5.11. The minimum Gasteiger partial charge on any atom is -0.443 e. The zero-order chi connectivity index (χ0) is 22.2. The first-order valence-corrected chi connectivity index (χ1v) is 12.2. The molecule has 0 bridgehead atoms. The van der Waals surface area contributed by atoms with Crippen LogP contribution in [0.1, 0.15) is 0 Å². The van der Waals surface area contributed by atoms with Crippen LogP contribution in [-0.4, -0.2) is 36.9 Å². The van der Waals surface area contributed by atoms with Crippen LogP contribution in [0.5, 0.6) is 0 Å². The molecule has 2 aromatic carbocycles. The van der Waals surface area contributed by atoms with E-state index < -0.39 is 38.7 Å². The normalized spacial score (nSPS) is 17.8. The maximum Gasteiger partial charge on any atom is 0.321 e. The largest absolute Gasteiger partial charge is 0.443 e. The Balaban J connectivity index is 1.61. The van der Waals surface area contributed by atoms with E-state index in [1.165, 1.54) is 24.3 Å². The molecule has 1 saturated heterocycles. The van der Waals surface area contributed by atoms with Crippen molar-refractivity contribution in [1.29, 1.82) is 0 Å². The van der Waals surface area contributed by atoms with Gasteiger partial charge < -0.3 is 9.73 Å². The molecule has 3 amide bonds. The minimum atomic E-state index is -4.15. The molecule has 1 fully saturated rings. The number of urea groups is 1. The Hall–Kier alpha value is -2.89. The minimum absolute atomic E-state index is 0.00606. The Labute approximate surface area is 184 Å². The van der Waals surface area contributed by atoms with Gasteiger partial charge in [0.25, 0.3) is 10.0 Å². The van der Waals surface area contributed by atoms with Crippen molar-refractivity contribution < 1.29 is 26.6 Å². The number of hydrogen-bond donors (Lipinski definition) is 3. The number of rotatable bonds is 6. The van der Waals surface area contributed by atoms with Gasteiger partial charge in [-0.3, -0.25) is 19.0 Å². The van der Waals surface area contributed by atoms with Crippen molar-refractivity contribution in [3.8, 4) is 0 Å². The predicted molar refractivity (Wildman–Crippen MR) is 115 cm³/mol. The highest BCUT2D eigenvalue weighted by atomic mass is 35.5. The van der Waals surface area contributed by atoms with Crippen molar-refractivity contribution in [1.82, 2.24) is 10.6 Å². The van der Waals surface area contributed by atoms with E-state index in [1.54, 1.807) is 24.3 Å². The molecule has 2 unspecified atom stereocenters. The van der Waals surface area contributed by atoms with Crippen LogP contribution in [-0.2, 0) is 25.6 Å². The summed E-state index contributed by atoms with van der Waals surface area (Å²) < 4.78 is 46.5. The van der Waals surface area contributed by atoms with Crippen LogP contribution in [0, 0.1) is 5.92 Å². The number of anilines is 1. The van der Waals surface area contributed by atoms with Crippen LogP contribution in [0.25, 0.3) is 11.0 Å². The number of amides is 3. The van der Waals surface area contributed by atoms with E-state index in [4.69, 9.17) is 16.0 Å². The maximum absolute atomic E-state index is 13.0. The van der Waals surface area contributed by atoms with Crippen LogP contribution in [0.4, 0.5) is 10.5 Å². The van der Waals surface area contributed by atoms with Crippen LogP contribution < -0.4 is 15.4 Å². The van der Waals surface area contributed by atoms with Gasteiger partial charge in [0.1, 0.15) is 5.58 Å². The number of sulfonamides is 1. The van der Waals surface area contributed by atoms with E-state index in [0.717, 1.165) is 0 Å². The molecule has 3 aromatic rings. The Bertz CT molecular complexity index is 1290. The molecular formula is C19H16ClN3O6S2. The second kappa shape index (κ2) is 8.33. The third-order valence-electron chi connectivity index (χ3n) is 4.57. The lowest BCUT2D eigenvalue weighted by molar-refractivity contribution is -0.123. The summed E-state index contributed by atoms with van der Waals surface area (Å²) in [6.45, 7) is 0.0318. The van der Waals surface area contributed by atoms with Gasteiger partial charge in [0, 0.05) is 28.8 Å². The molecule has 9 nitrogen and oxygen atoms in total. The number of nitrogens with one attached hydrogen (secondary N) is 3. The van der Waals surface area contributed by atoms with Crippen molar-refractivity contribution >= 4 is 61.0 Å². The molecule has 1 aliphatic rings. The highest BCUT2D eigenvalue weighted by molar-refractivity contribution is 7.92. The standard InChI is InChI=1S/C19H16ClN3O6S2/c20-13-5-6-16(30(26)10-12-9-21-19(25)22-18(12)24)14(8-13)23-31(27,28)17-7-11-3-1-2-4-15(11)29-17/h1-8,12,23H,9-10H2,(H2,21,22,24,25). The molecule has 2 heterocycles. The van der Waals surface area contributed by atoms with E-state index in [0.29, 0.717) is 11.0 Å². The predicted octanol–water partition coefficient (Wildman–Crippen LogP) is 2.45. The lowest BCUT2D eigenvalue weighted by Crippen LogP contribution is -2.53.